The van der Waals surface area contributed by atoms with Crippen LogP contribution >= 0.6 is 11.3 Å². The van der Waals surface area contributed by atoms with Gasteiger partial charge in [-0.2, -0.15) is 4.31 Å². The summed E-state index contributed by atoms with van der Waals surface area (Å²) in [6.07, 6.45) is 2.66. The van der Waals surface area contributed by atoms with Crippen molar-refractivity contribution < 1.29 is 18.3 Å². The van der Waals surface area contributed by atoms with Gasteiger partial charge in [0.1, 0.15) is 0 Å². The molecule has 1 N–H and O–H groups in total. The van der Waals surface area contributed by atoms with Crippen molar-refractivity contribution in [3.8, 4) is 0 Å². The highest BCUT2D eigenvalue weighted by atomic mass is 32.2. The van der Waals surface area contributed by atoms with Crippen molar-refractivity contribution in [2.45, 2.75) is 37.3 Å². The van der Waals surface area contributed by atoms with Crippen LogP contribution in [0.25, 0.3) is 0 Å². The van der Waals surface area contributed by atoms with Crippen LogP contribution in [0, 0.1) is 5.41 Å². The molecule has 0 aromatic carbocycles. The number of carboxylic acid groups (broad SMARTS) is 1. The Bertz CT molecular complexity index is 605. The molecule has 1 aromatic rings. The lowest BCUT2D eigenvalue weighted by atomic mass is 9.82. The monoisotopic (exact) mass is 318 g/mol. The number of hydrogen-bond acceptors (Lipinski definition) is 5. The first kappa shape index (κ1) is 15.4. The van der Waals surface area contributed by atoms with Crippen molar-refractivity contribution in [1.82, 2.24) is 9.29 Å². The summed E-state index contributed by atoms with van der Waals surface area (Å²) in [4.78, 5) is 14.7. The maximum absolute atomic E-state index is 12.6. The van der Waals surface area contributed by atoms with E-state index in [-0.39, 0.29) is 15.3 Å². The van der Waals surface area contributed by atoms with E-state index in [9.17, 15) is 13.2 Å². The van der Waals surface area contributed by atoms with E-state index in [1.165, 1.54) is 9.82 Å². The number of thiazole rings is 1. The molecule has 0 radical (unpaired) electrons. The average Bonchev–Trinajstić information content (AvgIpc) is 3.06. The van der Waals surface area contributed by atoms with Crippen molar-refractivity contribution >= 4 is 27.3 Å². The molecule has 1 saturated heterocycles. The standard InChI is InChI=1S/C12H18N2O4S2/c1-3-12(4-2)5-6-14(7-12)20(17,18)11-9(10(15)16)13-8-19-11/h8H,3-7H2,1-2H3,(H,15,16). The first-order valence-electron chi connectivity index (χ1n) is 6.53. The van der Waals surface area contributed by atoms with Gasteiger partial charge in [-0.25, -0.2) is 18.2 Å². The second-order valence-corrected chi connectivity index (χ2v) is 8.08. The number of aromatic nitrogens is 1. The molecular formula is C12H18N2O4S2. The second-order valence-electron chi connectivity index (χ2n) is 5.09. The number of nitrogens with zero attached hydrogens (tertiary/aromatic N) is 2. The van der Waals surface area contributed by atoms with Crippen LogP contribution in [0.3, 0.4) is 0 Å². The van der Waals surface area contributed by atoms with E-state index in [0.29, 0.717) is 13.1 Å². The molecule has 6 nitrogen and oxygen atoms in total. The molecule has 0 amide bonds. The molecular weight excluding hydrogens is 300 g/mol. The molecule has 8 heteroatoms. The van der Waals surface area contributed by atoms with Crippen molar-refractivity contribution in [1.29, 1.82) is 0 Å². The number of carboxylic acids is 1. The zero-order valence-corrected chi connectivity index (χ0v) is 13.1. The first-order valence-corrected chi connectivity index (χ1v) is 8.85. The molecule has 2 rings (SSSR count). The summed E-state index contributed by atoms with van der Waals surface area (Å²) in [6, 6.07) is 0. The van der Waals surface area contributed by atoms with Gasteiger partial charge in [-0.05, 0) is 24.7 Å². The van der Waals surface area contributed by atoms with Crippen LogP contribution in [0.5, 0.6) is 0 Å². The number of carbonyl (C=O) groups is 1. The quantitative estimate of drug-likeness (QED) is 0.897. The van der Waals surface area contributed by atoms with Gasteiger partial charge in [0, 0.05) is 13.1 Å². The second kappa shape index (κ2) is 5.42. The van der Waals surface area contributed by atoms with Gasteiger partial charge in [0.15, 0.2) is 9.90 Å². The molecule has 1 aliphatic heterocycles. The van der Waals surface area contributed by atoms with Crippen LogP contribution in [0.2, 0.25) is 0 Å². The predicted octanol–water partition coefficient (Wildman–Crippen LogP) is 2.04. The molecule has 0 saturated carbocycles. The summed E-state index contributed by atoms with van der Waals surface area (Å²) < 4.78 is 26.4. The van der Waals surface area contributed by atoms with Crippen LogP contribution in [-0.4, -0.2) is 41.9 Å². The lowest BCUT2D eigenvalue weighted by Crippen LogP contribution is -2.32. The summed E-state index contributed by atoms with van der Waals surface area (Å²) >= 11 is 0.865. The van der Waals surface area contributed by atoms with E-state index in [2.05, 4.69) is 18.8 Å². The smallest absolute Gasteiger partial charge is 0.356 e. The summed E-state index contributed by atoms with van der Waals surface area (Å²) in [5, 5.41) is 9.02. The maximum Gasteiger partial charge on any atom is 0.356 e. The molecule has 2 heterocycles. The highest BCUT2D eigenvalue weighted by Crippen LogP contribution is 2.40. The van der Waals surface area contributed by atoms with Gasteiger partial charge in [-0.3, -0.25) is 0 Å². The van der Waals surface area contributed by atoms with Gasteiger partial charge in [-0.1, -0.05) is 13.8 Å². The third-order valence-corrected chi connectivity index (χ3v) is 7.41. The van der Waals surface area contributed by atoms with Crippen molar-refractivity contribution in [2.75, 3.05) is 13.1 Å². The van der Waals surface area contributed by atoms with E-state index >= 15 is 0 Å². The van der Waals surface area contributed by atoms with Crippen LogP contribution in [-0.2, 0) is 10.0 Å². The fourth-order valence-electron chi connectivity index (χ4n) is 2.60. The number of rotatable bonds is 5. The molecule has 0 spiro atoms. The van der Waals surface area contributed by atoms with Crippen LogP contribution in [0.15, 0.2) is 9.72 Å². The molecule has 1 aromatic heterocycles. The molecule has 0 unspecified atom stereocenters. The average molecular weight is 318 g/mol. The normalized spacial score (nSPS) is 19.3. The topological polar surface area (TPSA) is 87.6 Å². The third-order valence-electron chi connectivity index (χ3n) is 4.21. The molecule has 0 bridgehead atoms. The van der Waals surface area contributed by atoms with Gasteiger partial charge in [-0.15, -0.1) is 11.3 Å². The van der Waals surface area contributed by atoms with E-state index in [4.69, 9.17) is 5.11 Å². The summed E-state index contributed by atoms with van der Waals surface area (Å²) in [5.41, 5.74) is 0.904. The lowest BCUT2D eigenvalue weighted by molar-refractivity contribution is 0.0687. The Balaban J connectivity index is 2.33. The maximum atomic E-state index is 12.6. The fourth-order valence-corrected chi connectivity index (χ4v) is 5.44. The van der Waals surface area contributed by atoms with Crippen molar-refractivity contribution in [3.05, 3.63) is 11.2 Å². The Labute approximate surface area is 122 Å². The summed E-state index contributed by atoms with van der Waals surface area (Å²) in [5.74, 6) is -1.30. The van der Waals surface area contributed by atoms with Gasteiger partial charge in [0.25, 0.3) is 10.0 Å². The number of aromatic carboxylic acids is 1. The minimum Gasteiger partial charge on any atom is -0.476 e. The molecule has 1 aliphatic rings. The van der Waals surface area contributed by atoms with Gasteiger partial charge >= 0.3 is 5.97 Å². The van der Waals surface area contributed by atoms with Crippen molar-refractivity contribution in [2.24, 2.45) is 5.41 Å². The van der Waals surface area contributed by atoms with Crippen LogP contribution < -0.4 is 0 Å². The first-order chi connectivity index (χ1) is 9.36. The van der Waals surface area contributed by atoms with Crippen LogP contribution in [0.1, 0.15) is 43.6 Å². The fraction of sp³-hybridized carbons (Fsp3) is 0.667. The zero-order chi connectivity index (χ0) is 15.0. The molecule has 0 aliphatic carbocycles. The number of sulfonamides is 1. The minimum atomic E-state index is -3.75. The SMILES string of the molecule is CCC1(CC)CCN(S(=O)(=O)c2scnc2C(=O)O)C1. The largest absolute Gasteiger partial charge is 0.476 e. The molecule has 0 atom stereocenters. The number of hydrogen-bond donors (Lipinski definition) is 1. The summed E-state index contributed by atoms with van der Waals surface area (Å²) in [6.45, 7) is 5.03. The Morgan fingerprint density at radius 3 is 2.65 bits per heavy atom. The Morgan fingerprint density at radius 2 is 2.15 bits per heavy atom. The summed E-state index contributed by atoms with van der Waals surface area (Å²) in [7, 11) is -3.75. The minimum absolute atomic E-state index is 0.0150. The van der Waals surface area contributed by atoms with Gasteiger partial charge < -0.3 is 5.11 Å². The Hall–Kier alpha value is -0.990. The van der Waals surface area contributed by atoms with Crippen LogP contribution in [0.4, 0.5) is 0 Å². The Kier molecular flexibility index (Phi) is 4.17. The predicted molar refractivity (Wildman–Crippen MR) is 75.5 cm³/mol. The highest BCUT2D eigenvalue weighted by molar-refractivity contribution is 7.91. The third kappa shape index (κ3) is 2.47. The highest BCUT2D eigenvalue weighted by Gasteiger charge is 2.42. The van der Waals surface area contributed by atoms with Gasteiger partial charge in [0.05, 0.1) is 5.51 Å². The lowest BCUT2D eigenvalue weighted by Gasteiger charge is -2.26. The van der Waals surface area contributed by atoms with Crippen molar-refractivity contribution in [3.63, 3.8) is 0 Å². The van der Waals surface area contributed by atoms with Gasteiger partial charge in [0.2, 0.25) is 0 Å². The Morgan fingerprint density at radius 1 is 1.50 bits per heavy atom. The zero-order valence-electron chi connectivity index (χ0n) is 11.5. The van der Waals surface area contributed by atoms with E-state index in [1.807, 2.05) is 0 Å². The molecule has 112 valence electrons. The van der Waals surface area contributed by atoms with E-state index < -0.39 is 16.0 Å². The molecule has 20 heavy (non-hydrogen) atoms. The molecule has 1 fully saturated rings. The van der Waals surface area contributed by atoms with E-state index in [0.717, 1.165) is 30.6 Å². The van der Waals surface area contributed by atoms with E-state index in [1.54, 1.807) is 0 Å².